The Balaban J connectivity index is 1.26. The van der Waals surface area contributed by atoms with Gasteiger partial charge in [0, 0.05) is 24.4 Å². The van der Waals surface area contributed by atoms with E-state index in [0.717, 1.165) is 25.7 Å². The summed E-state index contributed by atoms with van der Waals surface area (Å²) in [4.78, 5) is 57.9. The maximum atomic E-state index is 14.5. The molecule has 1 aliphatic heterocycles. The van der Waals surface area contributed by atoms with Crippen molar-refractivity contribution in [2.45, 2.75) is 107 Å². The van der Waals surface area contributed by atoms with E-state index in [9.17, 15) is 27.6 Å². The number of carbonyl (C=O) groups excluding carboxylic acids is 4. The molecule has 276 valence electrons. The monoisotopic (exact) mass is 726 g/mol. The average molecular weight is 727 g/mol. The first-order chi connectivity index (χ1) is 24.1. The average Bonchev–Trinajstić information content (AvgIpc) is 3.85. The van der Waals surface area contributed by atoms with Crippen molar-refractivity contribution in [2.24, 2.45) is 11.3 Å². The number of aromatic nitrogens is 4. The molecule has 3 N–H and O–H groups in total. The number of carbonyl (C=O) groups is 4. The maximum Gasteiger partial charge on any atom is 0.408 e. The number of amides is 4. The fourth-order valence-corrected chi connectivity index (χ4v) is 8.22. The number of hydrogen-bond donors (Lipinski definition) is 3. The van der Waals surface area contributed by atoms with Crippen molar-refractivity contribution in [1.29, 1.82) is 0 Å². The summed E-state index contributed by atoms with van der Waals surface area (Å²) in [5.74, 6) is -1.57. The molecule has 5 atom stereocenters. The first kappa shape index (κ1) is 36.3. The van der Waals surface area contributed by atoms with E-state index in [4.69, 9.17) is 9.47 Å². The van der Waals surface area contributed by atoms with E-state index < -0.39 is 74.1 Å². The highest BCUT2D eigenvalue weighted by Crippen LogP contribution is 2.46. The Kier molecular flexibility index (Phi) is 9.87. The first-order valence-electron chi connectivity index (χ1n) is 17.4. The zero-order chi connectivity index (χ0) is 36.7. The summed E-state index contributed by atoms with van der Waals surface area (Å²) in [6.07, 6.45) is 5.10. The van der Waals surface area contributed by atoms with Crippen molar-refractivity contribution >= 4 is 33.8 Å². The number of methoxy groups -OCH3 is 1. The molecule has 2 heterocycles. The van der Waals surface area contributed by atoms with Gasteiger partial charge < -0.3 is 25.0 Å². The summed E-state index contributed by atoms with van der Waals surface area (Å²) in [6, 6.07) is 4.27. The molecule has 16 nitrogen and oxygen atoms in total. The van der Waals surface area contributed by atoms with Crippen LogP contribution in [0.25, 0.3) is 11.4 Å². The predicted octanol–water partition coefficient (Wildman–Crippen LogP) is 2.24. The molecule has 4 fully saturated rings. The lowest BCUT2D eigenvalue weighted by molar-refractivity contribution is -0.142. The number of benzene rings is 1. The van der Waals surface area contributed by atoms with Crippen molar-refractivity contribution in [1.82, 2.24) is 40.5 Å². The second-order valence-corrected chi connectivity index (χ2v) is 17.0. The molecule has 1 saturated heterocycles. The zero-order valence-corrected chi connectivity index (χ0v) is 30.1. The summed E-state index contributed by atoms with van der Waals surface area (Å²) in [6.45, 7) is 9.15. The van der Waals surface area contributed by atoms with Gasteiger partial charge in [-0.1, -0.05) is 26.8 Å². The Morgan fingerprint density at radius 2 is 1.76 bits per heavy atom. The van der Waals surface area contributed by atoms with Gasteiger partial charge in [0.2, 0.25) is 27.7 Å². The molecule has 0 bridgehead atoms. The van der Waals surface area contributed by atoms with Crippen LogP contribution in [0.3, 0.4) is 0 Å². The molecular weight excluding hydrogens is 680 g/mol. The van der Waals surface area contributed by atoms with Crippen LogP contribution in [0.1, 0.15) is 78.2 Å². The quantitative estimate of drug-likeness (QED) is 0.271. The lowest BCUT2D eigenvalue weighted by Gasteiger charge is -2.35. The van der Waals surface area contributed by atoms with E-state index in [1.54, 1.807) is 52.1 Å². The molecule has 51 heavy (non-hydrogen) atoms. The Morgan fingerprint density at radius 1 is 1.08 bits per heavy atom. The highest BCUT2D eigenvalue weighted by atomic mass is 32.2. The highest BCUT2D eigenvalue weighted by Gasteiger charge is 2.62. The van der Waals surface area contributed by atoms with E-state index >= 15 is 0 Å². The van der Waals surface area contributed by atoms with Crippen LogP contribution in [0.4, 0.5) is 4.79 Å². The minimum Gasteiger partial charge on any atom is -0.497 e. The molecule has 3 aliphatic carbocycles. The van der Waals surface area contributed by atoms with Crippen LogP contribution < -0.4 is 20.1 Å². The van der Waals surface area contributed by atoms with Gasteiger partial charge in [0.1, 0.15) is 29.5 Å². The van der Waals surface area contributed by atoms with E-state index in [-0.39, 0.29) is 25.5 Å². The number of likely N-dealkylation sites (tertiary alicyclic amines) is 1. The smallest absolute Gasteiger partial charge is 0.408 e. The number of nitrogens with zero attached hydrogens (tertiary/aromatic N) is 5. The number of rotatable bonds is 12. The largest absolute Gasteiger partial charge is 0.497 e. The van der Waals surface area contributed by atoms with E-state index in [0.29, 0.717) is 30.0 Å². The number of alkyl carbamates (subject to hydrolysis) is 1. The Hall–Kier alpha value is -4.54. The van der Waals surface area contributed by atoms with Crippen molar-refractivity contribution in [2.75, 3.05) is 13.7 Å². The molecule has 4 amide bonds. The predicted molar refractivity (Wildman–Crippen MR) is 183 cm³/mol. The topological polar surface area (TPSA) is 204 Å². The molecule has 0 unspecified atom stereocenters. The molecule has 0 radical (unpaired) electrons. The molecule has 4 aliphatic rings. The van der Waals surface area contributed by atoms with Crippen molar-refractivity contribution in [3.8, 4) is 17.1 Å². The van der Waals surface area contributed by atoms with Gasteiger partial charge in [-0.2, -0.15) is 4.80 Å². The second kappa shape index (κ2) is 13.9. The number of nitrogens with one attached hydrogen (secondary N) is 3. The van der Waals surface area contributed by atoms with Crippen LogP contribution in [-0.4, -0.2) is 100.0 Å². The Labute approximate surface area is 297 Å². The normalized spacial score (nSPS) is 25.5. The molecule has 0 spiro atoms. The third kappa shape index (κ3) is 7.72. The summed E-state index contributed by atoms with van der Waals surface area (Å²) in [5.41, 5.74) is -1.66. The standard InChI is InChI=1S/C34H46N8O8S/c1-6-21-18-34(21,31(45)39-51(47,48)25-15-16-25)36-29(43)26-17-22(42-38-28(37-40-42)20-11-13-23(49-5)14-12-20)19-41(26)30(44)27(33(2,3)4)35-32(46)50-24-9-7-8-10-24/h6,11-14,21-22,24-27H,1,7-10,15-19H2,2-5H3,(H,35,46)(H,36,43)(H,39,45)/t21-,22-,26+,27-,34-/m1/s1. The first-order valence-corrected chi connectivity index (χ1v) is 18.9. The van der Waals surface area contributed by atoms with Crippen molar-refractivity contribution in [3.05, 3.63) is 36.9 Å². The molecule has 2 aromatic rings. The van der Waals surface area contributed by atoms with Gasteiger partial charge in [-0.3, -0.25) is 19.1 Å². The summed E-state index contributed by atoms with van der Waals surface area (Å²) in [7, 11) is -2.33. The fraction of sp³-hybridized carbons (Fsp3) is 0.618. The van der Waals surface area contributed by atoms with Crippen molar-refractivity contribution in [3.63, 3.8) is 0 Å². The van der Waals surface area contributed by atoms with Gasteiger partial charge in [0.15, 0.2) is 0 Å². The number of tetrazole rings is 1. The third-order valence-corrected chi connectivity index (χ3v) is 12.0. The summed E-state index contributed by atoms with van der Waals surface area (Å²) in [5, 5.41) is 17.9. The minimum atomic E-state index is -3.89. The van der Waals surface area contributed by atoms with E-state index in [1.165, 1.54) is 15.8 Å². The van der Waals surface area contributed by atoms with Crippen LogP contribution in [-0.2, 0) is 29.1 Å². The SMILES string of the molecule is C=C[C@@H]1C[C@]1(NC(=O)[C@@H]1C[C@@H](n2nnc(-c3ccc(OC)cc3)n2)CN1C(=O)[C@@H](NC(=O)OC1CCCC1)C(C)(C)C)C(=O)NS(=O)(=O)C1CC1. The molecule has 3 saturated carbocycles. The van der Waals surface area contributed by atoms with Gasteiger partial charge in [-0.15, -0.1) is 16.8 Å². The van der Waals surface area contributed by atoms with Gasteiger partial charge in [-0.25, -0.2) is 13.2 Å². The highest BCUT2D eigenvalue weighted by molar-refractivity contribution is 7.91. The van der Waals surface area contributed by atoms with Crippen LogP contribution in [0, 0.1) is 11.3 Å². The van der Waals surface area contributed by atoms with Gasteiger partial charge in [0.05, 0.1) is 18.4 Å². The number of hydrogen-bond acceptors (Lipinski definition) is 11. The fourth-order valence-electron chi connectivity index (χ4n) is 6.85. The van der Waals surface area contributed by atoms with Gasteiger partial charge in [0.25, 0.3) is 5.91 Å². The number of sulfonamides is 1. The lowest BCUT2D eigenvalue weighted by atomic mass is 9.85. The molecule has 1 aromatic carbocycles. The van der Waals surface area contributed by atoms with Gasteiger partial charge in [-0.05, 0) is 79.8 Å². The minimum absolute atomic E-state index is 0.0125. The summed E-state index contributed by atoms with van der Waals surface area (Å²) >= 11 is 0. The lowest BCUT2D eigenvalue weighted by Crippen LogP contribution is -2.60. The van der Waals surface area contributed by atoms with Gasteiger partial charge >= 0.3 is 6.09 Å². The second-order valence-electron chi connectivity index (χ2n) is 15.0. The molecule has 1 aromatic heterocycles. The van der Waals surface area contributed by atoms with Crippen LogP contribution in [0.2, 0.25) is 0 Å². The molecule has 17 heteroatoms. The van der Waals surface area contributed by atoms with Crippen molar-refractivity contribution < 1.29 is 37.1 Å². The summed E-state index contributed by atoms with van der Waals surface area (Å²) < 4.78 is 38.3. The number of ether oxygens (including phenoxy) is 2. The van der Waals surface area contributed by atoms with Crippen LogP contribution in [0.15, 0.2) is 36.9 Å². The Morgan fingerprint density at radius 3 is 2.35 bits per heavy atom. The van der Waals surface area contributed by atoms with E-state index in [2.05, 4.69) is 37.3 Å². The molecule has 6 rings (SSSR count). The van der Waals surface area contributed by atoms with Crippen LogP contribution >= 0.6 is 0 Å². The molecular formula is C34H46N8O8S. The van der Waals surface area contributed by atoms with E-state index in [1.807, 2.05) is 0 Å². The van der Waals surface area contributed by atoms with Crippen LogP contribution in [0.5, 0.6) is 5.75 Å². The maximum absolute atomic E-state index is 14.5. The zero-order valence-electron chi connectivity index (χ0n) is 29.3. The third-order valence-electron chi connectivity index (χ3n) is 10.2. The Bertz CT molecular complexity index is 1780.